The van der Waals surface area contributed by atoms with Crippen LogP contribution in [0.4, 0.5) is 0 Å². The van der Waals surface area contributed by atoms with Gasteiger partial charge in [0.25, 0.3) is 0 Å². The molecule has 15 heavy (non-hydrogen) atoms. The smallest absolute Gasteiger partial charge is 0.136 e. The Bertz CT molecular complexity index is 321. The van der Waals surface area contributed by atoms with Crippen molar-refractivity contribution in [1.29, 1.82) is 21.0 Å². The molecule has 0 aromatic rings. The molecule has 1 rings (SSSR count). The molecule has 0 bridgehead atoms. The standard InChI is InChI=1S/C11H10N4/c12-4-8(5-13)10-2-1-3-11(10)9(6-14)7-15/h8-11H,1-3H2/t10-,11-/m0/s1. The summed E-state index contributed by atoms with van der Waals surface area (Å²) < 4.78 is 0. The Balaban J connectivity index is 2.85. The van der Waals surface area contributed by atoms with Crippen molar-refractivity contribution >= 4 is 0 Å². The zero-order valence-electron chi connectivity index (χ0n) is 8.22. The van der Waals surface area contributed by atoms with E-state index in [-0.39, 0.29) is 11.8 Å². The van der Waals surface area contributed by atoms with Crippen molar-refractivity contribution in [1.82, 2.24) is 0 Å². The predicted molar refractivity (Wildman–Crippen MR) is 50.3 cm³/mol. The van der Waals surface area contributed by atoms with Crippen LogP contribution >= 0.6 is 0 Å². The van der Waals surface area contributed by atoms with Gasteiger partial charge in [-0.15, -0.1) is 0 Å². The van der Waals surface area contributed by atoms with Crippen molar-refractivity contribution < 1.29 is 0 Å². The first kappa shape index (κ1) is 11.0. The third-order valence-electron chi connectivity index (χ3n) is 3.04. The largest absolute Gasteiger partial charge is 0.197 e. The summed E-state index contributed by atoms with van der Waals surface area (Å²) in [6.07, 6.45) is 2.45. The van der Waals surface area contributed by atoms with Gasteiger partial charge in [-0.05, 0) is 24.7 Å². The lowest BCUT2D eigenvalue weighted by Gasteiger charge is -2.19. The second-order valence-corrected chi connectivity index (χ2v) is 3.73. The highest BCUT2D eigenvalue weighted by Crippen LogP contribution is 2.40. The summed E-state index contributed by atoms with van der Waals surface area (Å²) in [6.45, 7) is 0. The number of hydrogen-bond donors (Lipinski definition) is 0. The molecule has 1 aliphatic rings. The minimum atomic E-state index is -0.679. The van der Waals surface area contributed by atoms with Crippen LogP contribution in [0, 0.1) is 69.0 Å². The normalized spacial score (nSPS) is 24.1. The van der Waals surface area contributed by atoms with Gasteiger partial charge in [-0.2, -0.15) is 21.0 Å². The maximum Gasteiger partial charge on any atom is 0.136 e. The summed E-state index contributed by atoms with van der Waals surface area (Å²) in [5.41, 5.74) is 0. The SMILES string of the molecule is N#CC(C#N)[C@@H]1CCC[C@H]1C(C#N)C#N. The Kier molecular flexibility index (Phi) is 3.68. The zero-order valence-corrected chi connectivity index (χ0v) is 8.22. The van der Waals surface area contributed by atoms with Gasteiger partial charge in [0.2, 0.25) is 0 Å². The lowest BCUT2D eigenvalue weighted by Crippen LogP contribution is -2.22. The molecule has 0 aliphatic heterocycles. The first-order chi connectivity index (χ1) is 7.28. The van der Waals surface area contributed by atoms with Crippen molar-refractivity contribution in [3.8, 4) is 24.3 Å². The summed E-state index contributed by atoms with van der Waals surface area (Å²) in [6, 6.07) is 7.79. The van der Waals surface area contributed by atoms with Crippen molar-refractivity contribution in [2.24, 2.45) is 23.7 Å². The summed E-state index contributed by atoms with van der Waals surface area (Å²) in [5, 5.41) is 35.2. The fourth-order valence-electron chi connectivity index (χ4n) is 2.29. The van der Waals surface area contributed by atoms with E-state index in [0.29, 0.717) is 0 Å². The highest BCUT2D eigenvalue weighted by atomic mass is 14.5. The quantitative estimate of drug-likeness (QED) is 0.674. The molecule has 1 aliphatic carbocycles. The Morgan fingerprint density at radius 2 is 1.07 bits per heavy atom. The first-order valence-electron chi connectivity index (χ1n) is 4.87. The number of hydrogen-bond acceptors (Lipinski definition) is 4. The van der Waals surface area contributed by atoms with E-state index in [0.717, 1.165) is 19.3 Å². The summed E-state index contributed by atoms with van der Waals surface area (Å²) in [4.78, 5) is 0. The number of nitriles is 4. The van der Waals surface area contributed by atoms with E-state index in [1.807, 2.05) is 24.3 Å². The predicted octanol–water partition coefficient (Wildman–Crippen LogP) is 1.73. The Morgan fingerprint density at radius 1 is 0.733 bits per heavy atom. The van der Waals surface area contributed by atoms with Crippen LogP contribution < -0.4 is 0 Å². The summed E-state index contributed by atoms with van der Waals surface area (Å²) in [5.74, 6) is -1.57. The van der Waals surface area contributed by atoms with Crippen LogP contribution in [0.25, 0.3) is 0 Å². The van der Waals surface area contributed by atoms with Crippen molar-refractivity contribution in [3.05, 3.63) is 0 Å². The summed E-state index contributed by atoms with van der Waals surface area (Å²) >= 11 is 0. The topological polar surface area (TPSA) is 95.2 Å². The molecule has 4 heteroatoms. The molecular weight excluding hydrogens is 188 g/mol. The van der Waals surface area contributed by atoms with E-state index in [1.54, 1.807) is 0 Å². The van der Waals surface area contributed by atoms with Gasteiger partial charge >= 0.3 is 0 Å². The third kappa shape index (κ3) is 2.07. The van der Waals surface area contributed by atoms with Crippen molar-refractivity contribution in [2.45, 2.75) is 19.3 Å². The molecule has 0 radical (unpaired) electrons. The molecule has 2 atom stereocenters. The van der Waals surface area contributed by atoms with E-state index in [2.05, 4.69) is 0 Å². The highest BCUT2D eigenvalue weighted by molar-refractivity contribution is 5.11. The molecule has 0 unspecified atom stereocenters. The maximum absolute atomic E-state index is 8.79. The fourth-order valence-corrected chi connectivity index (χ4v) is 2.29. The second kappa shape index (κ2) is 4.99. The molecular formula is C11H10N4. The van der Waals surface area contributed by atoms with Gasteiger partial charge in [-0.25, -0.2) is 0 Å². The van der Waals surface area contributed by atoms with E-state index in [4.69, 9.17) is 21.0 Å². The van der Waals surface area contributed by atoms with Gasteiger partial charge in [-0.3, -0.25) is 0 Å². The first-order valence-corrected chi connectivity index (χ1v) is 4.87. The van der Waals surface area contributed by atoms with Crippen molar-refractivity contribution in [2.75, 3.05) is 0 Å². The van der Waals surface area contributed by atoms with Gasteiger partial charge in [0, 0.05) is 0 Å². The van der Waals surface area contributed by atoms with E-state index in [9.17, 15) is 0 Å². The third-order valence-corrected chi connectivity index (χ3v) is 3.04. The minimum Gasteiger partial charge on any atom is -0.197 e. The monoisotopic (exact) mass is 198 g/mol. The highest BCUT2D eigenvalue weighted by Gasteiger charge is 2.38. The molecule has 0 saturated heterocycles. The second-order valence-electron chi connectivity index (χ2n) is 3.73. The maximum atomic E-state index is 8.79. The minimum absolute atomic E-state index is 0.107. The lowest BCUT2D eigenvalue weighted by molar-refractivity contribution is 0.318. The van der Waals surface area contributed by atoms with E-state index >= 15 is 0 Å². The Hall–Kier alpha value is -2.04. The molecule has 0 N–H and O–H groups in total. The molecule has 0 amide bonds. The molecule has 0 aromatic carbocycles. The molecule has 0 spiro atoms. The molecule has 0 heterocycles. The van der Waals surface area contributed by atoms with Crippen LogP contribution in [0.3, 0.4) is 0 Å². The van der Waals surface area contributed by atoms with Gasteiger partial charge in [0.05, 0.1) is 24.3 Å². The molecule has 1 fully saturated rings. The lowest BCUT2D eigenvalue weighted by atomic mass is 9.79. The molecule has 1 saturated carbocycles. The van der Waals surface area contributed by atoms with Gasteiger partial charge in [0.1, 0.15) is 11.8 Å². The van der Waals surface area contributed by atoms with Gasteiger partial charge in [-0.1, -0.05) is 6.42 Å². The van der Waals surface area contributed by atoms with Gasteiger partial charge < -0.3 is 0 Å². The van der Waals surface area contributed by atoms with Crippen LogP contribution in [-0.2, 0) is 0 Å². The van der Waals surface area contributed by atoms with Crippen LogP contribution in [0.1, 0.15) is 19.3 Å². The summed E-state index contributed by atoms with van der Waals surface area (Å²) in [7, 11) is 0. The fraction of sp³-hybridized carbons (Fsp3) is 0.636. The van der Waals surface area contributed by atoms with Gasteiger partial charge in [0.15, 0.2) is 0 Å². The molecule has 74 valence electrons. The molecule has 0 aromatic heterocycles. The average molecular weight is 198 g/mol. The van der Waals surface area contributed by atoms with Crippen LogP contribution in [0.5, 0.6) is 0 Å². The van der Waals surface area contributed by atoms with Crippen LogP contribution in [0.15, 0.2) is 0 Å². The number of nitrogens with zero attached hydrogens (tertiary/aromatic N) is 4. The Labute approximate surface area is 89.0 Å². The van der Waals surface area contributed by atoms with E-state index in [1.165, 1.54) is 0 Å². The number of rotatable bonds is 2. The van der Waals surface area contributed by atoms with Crippen LogP contribution in [0.2, 0.25) is 0 Å². The van der Waals surface area contributed by atoms with Crippen LogP contribution in [-0.4, -0.2) is 0 Å². The van der Waals surface area contributed by atoms with E-state index < -0.39 is 11.8 Å². The van der Waals surface area contributed by atoms with Crippen molar-refractivity contribution in [3.63, 3.8) is 0 Å². The Morgan fingerprint density at radius 3 is 1.33 bits per heavy atom. The zero-order chi connectivity index (χ0) is 11.3. The average Bonchev–Trinajstić information content (AvgIpc) is 2.71. The molecule has 4 nitrogen and oxygen atoms in total.